The molecule has 5 aromatic rings. The first-order valence-corrected chi connectivity index (χ1v) is 16.4. The van der Waals surface area contributed by atoms with Crippen LogP contribution in [0.5, 0.6) is 5.75 Å². The maximum atomic E-state index is 13.9. The van der Waals surface area contributed by atoms with Gasteiger partial charge in [0, 0.05) is 36.6 Å². The number of likely N-dealkylation sites (N-methyl/N-ethyl adjacent to an activating group) is 1. The Morgan fingerprint density at radius 3 is 2.40 bits per heavy atom. The molecular weight excluding hydrogens is 600 g/mol. The van der Waals surface area contributed by atoms with Crippen LogP contribution in [-0.2, 0) is 6.54 Å². The number of nitrogens with one attached hydrogen (secondary N) is 2. The summed E-state index contributed by atoms with van der Waals surface area (Å²) in [5.41, 5.74) is 5.05. The summed E-state index contributed by atoms with van der Waals surface area (Å²) in [6.45, 7) is 5.54. The van der Waals surface area contributed by atoms with E-state index in [9.17, 15) is 14.7 Å². The molecule has 48 heavy (non-hydrogen) atoms. The molecule has 0 fully saturated rings. The highest BCUT2D eigenvalue weighted by molar-refractivity contribution is 6.07. The van der Waals surface area contributed by atoms with Crippen LogP contribution in [0.25, 0.3) is 21.9 Å². The zero-order valence-corrected chi connectivity index (χ0v) is 27.6. The van der Waals surface area contributed by atoms with Gasteiger partial charge in [0.1, 0.15) is 11.9 Å². The van der Waals surface area contributed by atoms with Crippen molar-refractivity contribution in [3.05, 3.63) is 126 Å². The Morgan fingerprint density at radius 2 is 1.62 bits per heavy atom. The lowest BCUT2D eigenvalue weighted by Crippen LogP contribution is -2.49. The van der Waals surface area contributed by atoms with Crippen molar-refractivity contribution in [1.29, 1.82) is 0 Å². The van der Waals surface area contributed by atoms with Gasteiger partial charge in [0.2, 0.25) is 0 Å². The Hall–Kier alpha value is -5.18. The first kappa shape index (κ1) is 32.7. The second-order valence-corrected chi connectivity index (χ2v) is 12.7. The third-order valence-electron chi connectivity index (χ3n) is 8.97. The summed E-state index contributed by atoms with van der Waals surface area (Å²) in [6, 6.07) is 36.9. The highest BCUT2D eigenvalue weighted by atomic mass is 16.5. The van der Waals surface area contributed by atoms with Crippen LogP contribution in [0.4, 0.5) is 16.2 Å². The molecule has 6 rings (SSSR count). The number of benzene rings is 5. The molecule has 3 N–H and O–H groups in total. The summed E-state index contributed by atoms with van der Waals surface area (Å²) >= 11 is 0. The molecule has 5 aromatic carbocycles. The van der Waals surface area contributed by atoms with Crippen LogP contribution in [-0.4, -0.2) is 65.7 Å². The summed E-state index contributed by atoms with van der Waals surface area (Å²) in [4.78, 5) is 30.9. The lowest BCUT2D eigenvalue weighted by molar-refractivity contribution is 0.0341. The number of hydrogen-bond donors (Lipinski definition) is 3. The lowest BCUT2D eigenvalue weighted by Gasteiger charge is -2.38. The predicted octanol–water partition coefficient (Wildman–Crippen LogP) is 7.50. The van der Waals surface area contributed by atoms with Gasteiger partial charge in [-0.2, -0.15) is 0 Å². The van der Waals surface area contributed by atoms with Crippen LogP contribution in [0.1, 0.15) is 29.8 Å². The number of fused-ring (bicyclic) bond motifs is 2. The zero-order valence-electron chi connectivity index (χ0n) is 27.6. The van der Waals surface area contributed by atoms with Crippen LogP contribution >= 0.6 is 0 Å². The molecule has 0 aliphatic carbocycles. The molecule has 0 radical (unpaired) electrons. The average Bonchev–Trinajstić information content (AvgIpc) is 3.10. The van der Waals surface area contributed by atoms with Gasteiger partial charge in [-0.1, -0.05) is 97.9 Å². The number of hydrogen-bond acceptors (Lipinski definition) is 5. The van der Waals surface area contributed by atoms with Crippen LogP contribution in [0.15, 0.2) is 115 Å². The van der Waals surface area contributed by atoms with Crippen LogP contribution < -0.4 is 15.4 Å². The second-order valence-electron chi connectivity index (χ2n) is 12.7. The highest BCUT2D eigenvalue weighted by Crippen LogP contribution is 2.31. The second kappa shape index (κ2) is 14.7. The van der Waals surface area contributed by atoms with Crippen molar-refractivity contribution >= 4 is 34.1 Å². The maximum absolute atomic E-state index is 13.9. The van der Waals surface area contributed by atoms with E-state index in [1.54, 1.807) is 23.1 Å². The Kier molecular flexibility index (Phi) is 10.0. The number of rotatable bonds is 9. The van der Waals surface area contributed by atoms with Crippen molar-refractivity contribution < 1.29 is 19.4 Å². The van der Waals surface area contributed by atoms with Crippen molar-refractivity contribution in [3.63, 3.8) is 0 Å². The van der Waals surface area contributed by atoms with E-state index in [0.717, 1.165) is 17.3 Å². The van der Waals surface area contributed by atoms with Gasteiger partial charge in [-0.25, -0.2) is 4.79 Å². The summed E-state index contributed by atoms with van der Waals surface area (Å²) in [6.07, 6.45) is -0.229. The molecule has 8 heteroatoms. The highest BCUT2D eigenvalue weighted by Gasteiger charge is 2.33. The normalized spacial score (nSPS) is 16.9. The topological polar surface area (TPSA) is 94.1 Å². The summed E-state index contributed by atoms with van der Waals surface area (Å²) in [5.74, 6) is 0.192. The monoisotopic (exact) mass is 642 g/mol. The van der Waals surface area contributed by atoms with E-state index >= 15 is 0 Å². The van der Waals surface area contributed by atoms with E-state index in [-0.39, 0.29) is 24.5 Å². The third-order valence-corrected chi connectivity index (χ3v) is 8.97. The van der Waals surface area contributed by atoms with Gasteiger partial charge in [0.05, 0.1) is 23.9 Å². The Labute approximate surface area is 282 Å². The van der Waals surface area contributed by atoms with Gasteiger partial charge in [-0.05, 0) is 60.3 Å². The average molecular weight is 643 g/mol. The number of ether oxygens (including phenoxy) is 1. The quantitative estimate of drug-likeness (QED) is 0.155. The van der Waals surface area contributed by atoms with Crippen LogP contribution in [0.3, 0.4) is 0 Å². The van der Waals surface area contributed by atoms with E-state index in [4.69, 9.17) is 4.74 Å². The molecule has 3 amide bonds. The Balaban J connectivity index is 1.19. The van der Waals surface area contributed by atoms with Gasteiger partial charge in [0.25, 0.3) is 5.91 Å². The molecule has 1 heterocycles. The fourth-order valence-electron chi connectivity index (χ4n) is 6.25. The van der Waals surface area contributed by atoms with Gasteiger partial charge < -0.3 is 25.4 Å². The van der Waals surface area contributed by atoms with Gasteiger partial charge in [0.15, 0.2) is 0 Å². The summed E-state index contributed by atoms with van der Waals surface area (Å²) < 4.78 is 6.59. The molecule has 0 spiro atoms. The van der Waals surface area contributed by atoms with Crippen LogP contribution in [0, 0.1) is 5.92 Å². The predicted molar refractivity (Wildman–Crippen MR) is 192 cm³/mol. The van der Waals surface area contributed by atoms with Crippen LogP contribution in [0.2, 0.25) is 0 Å². The number of nitrogens with zero attached hydrogens (tertiary/aromatic N) is 2. The summed E-state index contributed by atoms with van der Waals surface area (Å²) in [7, 11) is 2.07. The molecule has 0 bridgehead atoms. The van der Waals surface area contributed by atoms with Crippen molar-refractivity contribution in [2.45, 2.75) is 32.5 Å². The number of amides is 3. The molecule has 1 aliphatic rings. The number of carbonyl (C=O) groups is 2. The molecule has 8 nitrogen and oxygen atoms in total. The van der Waals surface area contributed by atoms with Gasteiger partial charge in [-0.3, -0.25) is 9.69 Å². The zero-order chi connectivity index (χ0) is 33.6. The number of urea groups is 1. The minimum absolute atomic E-state index is 0.0109. The molecule has 0 saturated heterocycles. The largest absolute Gasteiger partial charge is 0.488 e. The Morgan fingerprint density at radius 1 is 0.917 bits per heavy atom. The van der Waals surface area contributed by atoms with E-state index in [1.165, 1.54) is 16.7 Å². The van der Waals surface area contributed by atoms with Gasteiger partial charge in [-0.15, -0.1) is 0 Å². The first-order chi connectivity index (χ1) is 23.3. The molecule has 1 aliphatic heterocycles. The van der Waals surface area contributed by atoms with Crippen molar-refractivity contribution in [2.24, 2.45) is 5.92 Å². The molecule has 0 aromatic heterocycles. The molecule has 246 valence electrons. The number of anilines is 2. The van der Waals surface area contributed by atoms with Gasteiger partial charge >= 0.3 is 6.03 Å². The van der Waals surface area contributed by atoms with E-state index in [1.807, 2.05) is 67.6 Å². The van der Waals surface area contributed by atoms with E-state index in [0.29, 0.717) is 35.8 Å². The molecule has 3 atom stereocenters. The fraction of sp³-hybridized carbons (Fsp3) is 0.250. The first-order valence-electron chi connectivity index (χ1n) is 16.4. The smallest absolute Gasteiger partial charge is 0.323 e. The number of aliphatic hydroxyl groups is 1. The van der Waals surface area contributed by atoms with Crippen molar-refractivity contribution in [1.82, 2.24) is 9.80 Å². The molecule has 0 unspecified atom stereocenters. The minimum atomic E-state index is -0.420. The molecular formula is C40H42N4O4. The third kappa shape index (κ3) is 7.51. The number of aliphatic hydroxyl groups excluding tert-OH is 1. The standard InChI is InChI=1S/C40H42N4O4/c1-27-23-44(28(2)26-45)39(46)35-22-33(41-40(47)42-36-15-9-13-32-12-7-8-14-34(32)36)20-21-37(35)48-38(27)25-43(3)24-29-16-18-31(19-17-29)30-10-5-4-6-11-30/h4-22,27-28,38,45H,23-26H2,1-3H3,(H2,41,42,47)/t27-,28-,38-/m0/s1. The maximum Gasteiger partial charge on any atom is 0.323 e. The SMILES string of the molecule is C[C@H]1CN([C@@H](C)CO)C(=O)c2cc(NC(=O)Nc3cccc4ccccc34)ccc2O[C@H]1CN(C)Cc1ccc(-c2ccccc2)cc1. The molecule has 0 saturated carbocycles. The minimum Gasteiger partial charge on any atom is -0.488 e. The summed E-state index contributed by atoms with van der Waals surface area (Å²) in [5, 5.41) is 17.8. The van der Waals surface area contributed by atoms with Crippen molar-refractivity contribution in [3.8, 4) is 16.9 Å². The van der Waals surface area contributed by atoms with E-state index in [2.05, 4.69) is 65.9 Å². The Bertz CT molecular complexity index is 1870. The number of carbonyl (C=O) groups excluding carboxylic acids is 2. The van der Waals surface area contributed by atoms with Crippen molar-refractivity contribution in [2.75, 3.05) is 37.4 Å². The van der Waals surface area contributed by atoms with E-state index < -0.39 is 12.1 Å². The fourth-order valence-corrected chi connectivity index (χ4v) is 6.25. The lowest BCUT2D eigenvalue weighted by atomic mass is 9.99.